The fourth-order valence-electron chi connectivity index (χ4n) is 1.33. The first-order valence-corrected chi connectivity index (χ1v) is 5.53. The molecule has 88 valence electrons. The van der Waals surface area contributed by atoms with Crippen molar-refractivity contribution in [2.75, 3.05) is 5.32 Å². The molecule has 0 unspecified atom stereocenters. The highest BCUT2D eigenvalue weighted by molar-refractivity contribution is 6.33. The Hall–Kier alpha value is -1.39. The molecule has 3 nitrogen and oxygen atoms in total. The van der Waals surface area contributed by atoms with Crippen molar-refractivity contribution in [2.45, 2.75) is 6.92 Å². The van der Waals surface area contributed by atoms with Crippen LogP contribution in [0.4, 0.5) is 15.9 Å². The van der Waals surface area contributed by atoms with Gasteiger partial charge in [-0.3, -0.25) is 0 Å². The van der Waals surface area contributed by atoms with Crippen molar-refractivity contribution >= 4 is 34.7 Å². The third-order valence-electron chi connectivity index (χ3n) is 2.02. The van der Waals surface area contributed by atoms with Crippen molar-refractivity contribution in [3.8, 4) is 0 Å². The molecule has 1 N–H and O–H groups in total. The zero-order valence-corrected chi connectivity index (χ0v) is 10.3. The average molecular weight is 272 g/mol. The Labute approximate surface area is 108 Å². The molecule has 0 atom stereocenters. The Balaban J connectivity index is 2.34. The largest absolute Gasteiger partial charge is 0.339 e. The lowest BCUT2D eigenvalue weighted by molar-refractivity contribution is 0.628. The van der Waals surface area contributed by atoms with Crippen LogP contribution in [0.2, 0.25) is 10.3 Å². The smallest absolute Gasteiger partial charge is 0.224 e. The number of benzene rings is 1. The predicted molar refractivity (Wildman–Crippen MR) is 66.5 cm³/mol. The molecule has 0 aliphatic rings. The Morgan fingerprint density at radius 2 is 1.94 bits per heavy atom. The molecule has 0 aliphatic heterocycles. The van der Waals surface area contributed by atoms with Crippen LogP contribution in [-0.2, 0) is 0 Å². The van der Waals surface area contributed by atoms with Crippen LogP contribution in [0.25, 0.3) is 0 Å². The molecule has 0 amide bonds. The first-order valence-electron chi connectivity index (χ1n) is 4.78. The van der Waals surface area contributed by atoms with Crippen molar-refractivity contribution in [1.82, 2.24) is 9.97 Å². The van der Waals surface area contributed by atoms with Crippen LogP contribution in [0.5, 0.6) is 0 Å². The maximum atomic E-state index is 13.1. The minimum atomic E-state index is -0.381. The SMILES string of the molecule is Cc1cc(Nc2cc(F)ccc2Cl)nc(Cl)n1. The molecular weight excluding hydrogens is 264 g/mol. The molecule has 2 aromatic rings. The highest BCUT2D eigenvalue weighted by Crippen LogP contribution is 2.25. The van der Waals surface area contributed by atoms with Gasteiger partial charge in [0.1, 0.15) is 11.6 Å². The van der Waals surface area contributed by atoms with Gasteiger partial charge in [0.25, 0.3) is 0 Å². The molecule has 0 saturated carbocycles. The third-order valence-corrected chi connectivity index (χ3v) is 2.52. The lowest BCUT2D eigenvalue weighted by Crippen LogP contribution is -1.97. The second kappa shape index (κ2) is 4.85. The van der Waals surface area contributed by atoms with Gasteiger partial charge in [-0.1, -0.05) is 11.6 Å². The fourth-order valence-corrected chi connectivity index (χ4v) is 1.72. The van der Waals surface area contributed by atoms with Gasteiger partial charge in [-0.2, -0.15) is 0 Å². The van der Waals surface area contributed by atoms with Gasteiger partial charge in [0, 0.05) is 11.8 Å². The summed E-state index contributed by atoms with van der Waals surface area (Å²) in [5, 5.41) is 3.41. The number of aromatic nitrogens is 2. The standard InChI is InChI=1S/C11H8Cl2FN3/c1-6-4-10(17-11(13)15-6)16-9-5-7(14)2-3-8(9)12/h2-5H,1H3,(H,15,16,17). The molecule has 1 aromatic carbocycles. The predicted octanol–water partition coefficient (Wildman–Crippen LogP) is 3.97. The Kier molecular flexibility index (Phi) is 3.45. The second-order valence-corrected chi connectivity index (χ2v) is 4.16. The number of anilines is 2. The van der Waals surface area contributed by atoms with Crippen molar-refractivity contribution in [2.24, 2.45) is 0 Å². The lowest BCUT2D eigenvalue weighted by atomic mass is 10.3. The van der Waals surface area contributed by atoms with Gasteiger partial charge in [0.05, 0.1) is 10.7 Å². The molecule has 1 heterocycles. The van der Waals surface area contributed by atoms with Crippen LogP contribution < -0.4 is 5.32 Å². The van der Waals surface area contributed by atoms with Gasteiger partial charge in [-0.05, 0) is 36.7 Å². The van der Waals surface area contributed by atoms with Gasteiger partial charge in [-0.15, -0.1) is 0 Å². The quantitative estimate of drug-likeness (QED) is 0.840. The van der Waals surface area contributed by atoms with E-state index < -0.39 is 0 Å². The van der Waals surface area contributed by atoms with E-state index >= 15 is 0 Å². The number of hydrogen-bond acceptors (Lipinski definition) is 3. The van der Waals surface area contributed by atoms with Gasteiger partial charge >= 0.3 is 0 Å². The topological polar surface area (TPSA) is 37.8 Å². The van der Waals surface area contributed by atoms with Gasteiger partial charge < -0.3 is 5.32 Å². The zero-order valence-electron chi connectivity index (χ0n) is 8.84. The van der Waals surface area contributed by atoms with Gasteiger partial charge in [0.15, 0.2) is 0 Å². The molecule has 0 aliphatic carbocycles. The lowest BCUT2D eigenvalue weighted by Gasteiger charge is -2.08. The van der Waals surface area contributed by atoms with Gasteiger partial charge in [-0.25, -0.2) is 14.4 Å². The Bertz CT molecular complexity index is 540. The summed E-state index contributed by atoms with van der Waals surface area (Å²) >= 11 is 11.6. The first-order chi connectivity index (χ1) is 8.04. The number of hydrogen-bond donors (Lipinski definition) is 1. The third kappa shape index (κ3) is 3.05. The van der Waals surface area contributed by atoms with E-state index in [1.165, 1.54) is 18.2 Å². The van der Waals surface area contributed by atoms with E-state index in [9.17, 15) is 4.39 Å². The molecule has 6 heteroatoms. The van der Waals surface area contributed by atoms with E-state index in [0.29, 0.717) is 22.2 Å². The second-order valence-electron chi connectivity index (χ2n) is 3.41. The van der Waals surface area contributed by atoms with Crippen LogP contribution in [0.1, 0.15) is 5.69 Å². The summed E-state index contributed by atoms with van der Waals surface area (Å²) in [6.07, 6.45) is 0. The van der Waals surface area contributed by atoms with Crippen LogP contribution in [0, 0.1) is 12.7 Å². The molecule has 1 aromatic heterocycles. The van der Waals surface area contributed by atoms with E-state index in [0.717, 1.165) is 0 Å². The molecule has 0 bridgehead atoms. The van der Waals surface area contributed by atoms with Crippen molar-refractivity contribution in [1.29, 1.82) is 0 Å². The van der Waals surface area contributed by atoms with E-state index in [-0.39, 0.29) is 11.1 Å². The number of nitrogens with one attached hydrogen (secondary N) is 1. The first kappa shape index (κ1) is 12.1. The maximum absolute atomic E-state index is 13.1. The summed E-state index contributed by atoms with van der Waals surface area (Å²) in [7, 11) is 0. The molecule has 0 radical (unpaired) electrons. The van der Waals surface area contributed by atoms with E-state index in [2.05, 4.69) is 15.3 Å². The molecule has 2 rings (SSSR count). The number of halogens is 3. The normalized spacial score (nSPS) is 10.4. The van der Waals surface area contributed by atoms with Crippen molar-refractivity contribution in [3.63, 3.8) is 0 Å². The summed E-state index contributed by atoms with van der Waals surface area (Å²) in [4.78, 5) is 7.89. The van der Waals surface area contributed by atoms with Crippen LogP contribution in [-0.4, -0.2) is 9.97 Å². The summed E-state index contributed by atoms with van der Waals surface area (Å²) in [6, 6.07) is 5.72. The van der Waals surface area contributed by atoms with Crippen molar-refractivity contribution in [3.05, 3.63) is 46.1 Å². The Morgan fingerprint density at radius 1 is 1.18 bits per heavy atom. The summed E-state index contributed by atoms with van der Waals surface area (Å²) in [5.74, 6) is 0.0868. The van der Waals surface area contributed by atoms with Crippen molar-refractivity contribution < 1.29 is 4.39 Å². The number of rotatable bonds is 2. The minimum absolute atomic E-state index is 0.125. The number of aryl methyl sites for hydroxylation is 1. The highest BCUT2D eigenvalue weighted by atomic mass is 35.5. The van der Waals surface area contributed by atoms with E-state index in [1.807, 2.05) is 0 Å². The average Bonchev–Trinajstić information content (AvgIpc) is 2.22. The highest BCUT2D eigenvalue weighted by Gasteiger charge is 2.05. The van der Waals surface area contributed by atoms with Crippen LogP contribution in [0.15, 0.2) is 24.3 Å². The van der Waals surface area contributed by atoms with Crippen LogP contribution >= 0.6 is 23.2 Å². The zero-order chi connectivity index (χ0) is 12.4. The molecular formula is C11H8Cl2FN3. The molecule has 0 saturated heterocycles. The maximum Gasteiger partial charge on any atom is 0.224 e. The summed E-state index contributed by atoms with van der Waals surface area (Å²) in [5.41, 5.74) is 1.14. The minimum Gasteiger partial charge on any atom is -0.339 e. The Morgan fingerprint density at radius 3 is 2.65 bits per heavy atom. The summed E-state index contributed by atoms with van der Waals surface area (Å²) < 4.78 is 13.1. The monoisotopic (exact) mass is 271 g/mol. The number of nitrogens with zero attached hydrogens (tertiary/aromatic N) is 2. The van der Waals surface area contributed by atoms with Gasteiger partial charge in [0.2, 0.25) is 5.28 Å². The molecule has 0 spiro atoms. The fraction of sp³-hybridized carbons (Fsp3) is 0.0909. The summed E-state index contributed by atoms with van der Waals surface area (Å²) in [6.45, 7) is 1.78. The molecule has 17 heavy (non-hydrogen) atoms. The van der Waals surface area contributed by atoms with Crippen LogP contribution in [0.3, 0.4) is 0 Å². The molecule has 0 fully saturated rings. The van der Waals surface area contributed by atoms with E-state index in [4.69, 9.17) is 23.2 Å². The van der Waals surface area contributed by atoms with E-state index in [1.54, 1.807) is 13.0 Å².